The van der Waals surface area contributed by atoms with Crippen molar-refractivity contribution < 1.29 is 18.0 Å². The molecule has 8 heteroatoms. The van der Waals surface area contributed by atoms with E-state index in [9.17, 15) is 18.0 Å². The predicted molar refractivity (Wildman–Crippen MR) is 91.5 cm³/mol. The molecule has 0 saturated carbocycles. The van der Waals surface area contributed by atoms with Gasteiger partial charge in [-0.05, 0) is 37.3 Å². The van der Waals surface area contributed by atoms with E-state index in [1.807, 2.05) is 24.3 Å². The number of amides is 1. The Bertz CT molecular complexity index is 874. The lowest BCUT2D eigenvalue weighted by Gasteiger charge is -2.12. The van der Waals surface area contributed by atoms with Crippen LogP contribution < -0.4 is 5.32 Å². The Morgan fingerprint density at radius 3 is 2.68 bits per heavy atom. The molecule has 0 radical (unpaired) electrons. The number of nitrogens with one attached hydrogen (secondary N) is 2. The minimum absolute atomic E-state index is 0.108. The van der Waals surface area contributed by atoms with Crippen LogP contribution in [-0.2, 0) is 11.0 Å². The van der Waals surface area contributed by atoms with Crippen LogP contribution in [0.15, 0.2) is 53.7 Å². The first-order valence-corrected chi connectivity index (χ1v) is 8.30. The van der Waals surface area contributed by atoms with Gasteiger partial charge in [-0.15, -0.1) is 0 Å². The first-order valence-electron chi connectivity index (χ1n) is 7.42. The highest BCUT2D eigenvalue weighted by atomic mass is 32.2. The lowest BCUT2D eigenvalue weighted by atomic mass is 10.2. The molecule has 2 N–H and O–H groups in total. The Labute approximate surface area is 145 Å². The average Bonchev–Trinajstić information content (AvgIpc) is 2.96. The molecule has 0 spiro atoms. The van der Waals surface area contributed by atoms with Gasteiger partial charge in [0.15, 0.2) is 5.16 Å². The molecule has 3 rings (SSSR count). The molecule has 25 heavy (non-hydrogen) atoms. The number of para-hydroxylation sites is 2. The summed E-state index contributed by atoms with van der Waals surface area (Å²) in [4.78, 5) is 19.7. The van der Waals surface area contributed by atoms with Crippen LogP contribution in [0, 0.1) is 0 Å². The molecule has 0 saturated heterocycles. The number of carbonyl (C=O) groups excluding carboxylic acids is 1. The maximum absolute atomic E-state index is 12.7. The molecule has 0 aliphatic carbocycles. The maximum Gasteiger partial charge on any atom is 0.416 e. The number of benzene rings is 2. The lowest BCUT2D eigenvalue weighted by Crippen LogP contribution is -2.22. The molecule has 2 aromatic carbocycles. The van der Waals surface area contributed by atoms with Crippen LogP contribution in [0.2, 0.25) is 0 Å². The summed E-state index contributed by atoms with van der Waals surface area (Å²) in [5.74, 6) is -0.398. The number of imidazole rings is 1. The number of aromatic amines is 1. The van der Waals surface area contributed by atoms with Crippen LogP contribution in [0.3, 0.4) is 0 Å². The van der Waals surface area contributed by atoms with Gasteiger partial charge in [0.05, 0.1) is 21.8 Å². The standard InChI is InChI=1S/C17H14F3N3OS/c1-10(25-16-22-13-7-2-3-8-14(13)23-16)15(24)21-12-6-4-5-11(9-12)17(18,19)20/h2-10H,1H3,(H,21,24)(H,22,23)/t10-/m0/s1. The largest absolute Gasteiger partial charge is 0.416 e. The van der Waals surface area contributed by atoms with Gasteiger partial charge in [-0.25, -0.2) is 4.98 Å². The zero-order chi connectivity index (χ0) is 18.0. The number of fused-ring (bicyclic) bond motifs is 1. The van der Waals surface area contributed by atoms with Crippen molar-refractivity contribution in [2.75, 3.05) is 5.32 Å². The number of alkyl halides is 3. The number of nitrogens with zero attached hydrogens (tertiary/aromatic N) is 1. The zero-order valence-electron chi connectivity index (χ0n) is 13.1. The quantitative estimate of drug-likeness (QED) is 0.659. The third-order valence-electron chi connectivity index (χ3n) is 3.48. The van der Waals surface area contributed by atoms with Gasteiger partial charge in [0.1, 0.15) is 0 Å². The zero-order valence-corrected chi connectivity index (χ0v) is 13.9. The first kappa shape index (κ1) is 17.3. The number of halogens is 3. The summed E-state index contributed by atoms with van der Waals surface area (Å²) >= 11 is 1.21. The maximum atomic E-state index is 12.7. The van der Waals surface area contributed by atoms with Crippen molar-refractivity contribution in [2.45, 2.75) is 23.5 Å². The number of rotatable bonds is 4. The number of hydrogen-bond acceptors (Lipinski definition) is 3. The number of carbonyl (C=O) groups is 1. The SMILES string of the molecule is C[C@H](Sc1nc2ccccc2[nH]1)C(=O)Nc1cccc(C(F)(F)F)c1. The molecule has 0 aliphatic rings. The van der Waals surface area contributed by atoms with Crippen molar-refractivity contribution >= 4 is 34.4 Å². The number of anilines is 1. The predicted octanol–water partition coefficient (Wildman–Crippen LogP) is 4.70. The van der Waals surface area contributed by atoms with Gasteiger partial charge in [-0.1, -0.05) is 30.0 Å². The Morgan fingerprint density at radius 2 is 1.96 bits per heavy atom. The molecule has 1 atom stereocenters. The second kappa shape index (κ2) is 6.79. The molecule has 130 valence electrons. The Hall–Kier alpha value is -2.48. The molecule has 0 bridgehead atoms. The molecule has 4 nitrogen and oxygen atoms in total. The summed E-state index contributed by atoms with van der Waals surface area (Å²) in [5.41, 5.74) is 0.950. The van der Waals surface area contributed by atoms with Gasteiger partial charge in [0, 0.05) is 5.69 Å². The summed E-state index contributed by atoms with van der Waals surface area (Å²) in [6.45, 7) is 1.67. The Morgan fingerprint density at radius 1 is 1.20 bits per heavy atom. The fourth-order valence-electron chi connectivity index (χ4n) is 2.22. The van der Waals surface area contributed by atoms with Crippen molar-refractivity contribution in [1.82, 2.24) is 9.97 Å². The Balaban J connectivity index is 1.68. The summed E-state index contributed by atoms with van der Waals surface area (Å²) < 4.78 is 38.2. The van der Waals surface area contributed by atoms with Gasteiger partial charge < -0.3 is 10.3 Å². The van der Waals surface area contributed by atoms with E-state index in [4.69, 9.17) is 0 Å². The molecule has 1 heterocycles. The van der Waals surface area contributed by atoms with Crippen molar-refractivity contribution in [3.8, 4) is 0 Å². The summed E-state index contributed by atoms with van der Waals surface area (Å²) in [5, 5.41) is 2.55. The fraction of sp³-hybridized carbons (Fsp3) is 0.176. The van der Waals surface area contributed by atoms with E-state index in [2.05, 4.69) is 15.3 Å². The first-order chi connectivity index (χ1) is 11.8. The molecule has 3 aromatic rings. The van der Waals surface area contributed by atoms with Gasteiger partial charge in [-0.2, -0.15) is 13.2 Å². The van der Waals surface area contributed by atoms with Crippen LogP contribution in [0.4, 0.5) is 18.9 Å². The van der Waals surface area contributed by atoms with Crippen LogP contribution in [0.25, 0.3) is 11.0 Å². The summed E-state index contributed by atoms with van der Waals surface area (Å²) in [7, 11) is 0. The van der Waals surface area contributed by atoms with E-state index in [1.54, 1.807) is 6.92 Å². The number of H-pyrrole nitrogens is 1. The second-order valence-corrected chi connectivity index (χ2v) is 6.72. The number of aromatic nitrogens is 2. The summed E-state index contributed by atoms with van der Waals surface area (Å²) in [6.07, 6.45) is -4.45. The lowest BCUT2D eigenvalue weighted by molar-refractivity contribution is -0.137. The Kier molecular flexibility index (Phi) is 4.71. The average molecular weight is 365 g/mol. The highest BCUT2D eigenvalue weighted by Gasteiger charge is 2.30. The number of thioether (sulfide) groups is 1. The third-order valence-corrected chi connectivity index (χ3v) is 4.47. The van der Waals surface area contributed by atoms with Crippen LogP contribution in [0.5, 0.6) is 0 Å². The monoisotopic (exact) mass is 365 g/mol. The fourth-order valence-corrected chi connectivity index (χ4v) is 3.04. The number of hydrogen-bond donors (Lipinski definition) is 2. The second-order valence-electron chi connectivity index (χ2n) is 5.39. The molecule has 0 fully saturated rings. The summed E-state index contributed by atoms with van der Waals surface area (Å²) in [6, 6.07) is 12.0. The van der Waals surface area contributed by atoms with Crippen molar-refractivity contribution in [1.29, 1.82) is 0 Å². The van der Waals surface area contributed by atoms with Crippen molar-refractivity contribution in [3.63, 3.8) is 0 Å². The molecule has 1 aromatic heterocycles. The van der Waals surface area contributed by atoms with E-state index in [0.717, 1.165) is 23.2 Å². The van der Waals surface area contributed by atoms with E-state index in [0.29, 0.717) is 5.16 Å². The van der Waals surface area contributed by atoms with Crippen LogP contribution in [-0.4, -0.2) is 21.1 Å². The third kappa shape index (κ3) is 4.14. The topological polar surface area (TPSA) is 57.8 Å². The van der Waals surface area contributed by atoms with Gasteiger partial charge >= 0.3 is 6.18 Å². The molecular weight excluding hydrogens is 351 g/mol. The molecular formula is C17H14F3N3OS. The van der Waals surface area contributed by atoms with E-state index < -0.39 is 22.9 Å². The van der Waals surface area contributed by atoms with Crippen LogP contribution >= 0.6 is 11.8 Å². The van der Waals surface area contributed by atoms with Crippen molar-refractivity contribution in [2.24, 2.45) is 0 Å². The van der Waals surface area contributed by atoms with E-state index in [-0.39, 0.29) is 5.69 Å². The van der Waals surface area contributed by atoms with Gasteiger partial charge in [0.25, 0.3) is 0 Å². The molecule has 0 unspecified atom stereocenters. The van der Waals surface area contributed by atoms with E-state index in [1.165, 1.54) is 23.9 Å². The van der Waals surface area contributed by atoms with Crippen LogP contribution in [0.1, 0.15) is 12.5 Å². The van der Waals surface area contributed by atoms with E-state index >= 15 is 0 Å². The minimum atomic E-state index is -4.45. The molecule has 0 aliphatic heterocycles. The van der Waals surface area contributed by atoms with Gasteiger partial charge in [-0.3, -0.25) is 4.79 Å². The minimum Gasteiger partial charge on any atom is -0.333 e. The van der Waals surface area contributed by atoms with Crippen molar-refractivity contribution in [3.05, 3.63) is 54.1 Å². The smallest absolute Gasteiger partial charge is 0.333 e. The normalized spacial score (nSPS) is 13.0. The molecule has 1 amide bonds. The highest BCUT2D eigenvalue weighted by Crippen LogP contribution is 2.31. The van der Waals surface area contributed by atoms with Gasteiger partial charge in [0.2, 0.25) is 5.91 Å². The highest BCUT2D eigenvalue weighted by molar-refractivity contribution is 8.00.